The Morgan fingerprint density at radius 3 is 2.82 bits per heavy atom. The first-order chi connectivity index (χ1) is 7.83. The van der Waals surface area contributed by atoms with Crippen LogP contribution in [0.3, 0.4) is 0 Å². The number of rotatable bonds is 5. The number of nitrogens with two attached hydrogens (primary N) is 1. The number of pyridine rings is 1. The minimum atomic E-state index is -4.08. The molecule has 1 rings (SSSR count). The highest BCUT2D eigenvalue weighted by Gasteiger charge is 2.23. The molecule has 1 heterocycles. The van der Waals surface area contributed by atoms with E-state index in [9.17, 15) is 17.6 Å². The van der Waals surface area contributed by atoms with Crippen molar-refractivity contribution in [3.05, 3.63) is 24.1 Å². The summed E-state index contributed by atoms with van der Waals surface area (Å²) >= 11 is 0. The van der Waals surface area contributed by atoms with Crippen LogP contribution < -0.4 is 10.5 Å². The van der Waals surface area contributed by atoms with E-state index in [0.717, 1.165) is 12.3 Å². The third kappa shape index (κ3) is 3.75. The first kappa shape index (κ1) is 13.5. The third-order valence-corrected chi connectivity index (χ3v) is 3.37. The van der Waals surface area contributed by atoms with Crippen LogP contribution in [0, 0.1) is 5.82 Å². The van der Waals surface area contributed by atoms with Gasteiger partial charge in [0.2, 0.25) is 10.9 Å². The molecule has 6 nitrogen and oxygen atoms in total. The van der Waals surface area contributed by atoms with Crippen LogP contribution in [0.15, 0.2) is 23.4 Å². The number of carbonyl (C=O) groups is 1. The van der Waals surface area contributed by atoms with Crippen molar-refractivity contribution in [3.63, 3.8) is 0 Å². The van der Waals surface area contributed by atoms with Gasteiger partial charge in [-0.2, -0.15) is 0 Å². The Balaban J connectivity index is 2.90. The zero-order chi connectivity index (χ0) is 13.1. The van der Waals surface area contributed by atoms with Gasteiger partial charge in [-0.25, -0.2) is 22.5 Å². The molecule has 94 valence electrons. The molecule has 0 fully saturated rings. The van der Waals surface area contributed by atoms with Gasteiger partial charge >= 0.3 is 0 Å². The van der Waals surface area contributed by atoms with Crippen LogP contribution in [0.4, 0.5) is 4.39 Å². The van der Waals surface area contributed by atoms with Crippen molar-refractivity contribution >= 4 is 15.9 Å². The summed E-state index contributed by atoms with van der Waals surface area (Å²) in [5, 5.41) is -0.698. The van der Waals surface area contributed by atoms with Gasteiger partial charge in [0.15, 0.2) is 5.82 Å². The summed E-state index contributed by atoms with van der Waals surface area (Å²) in [5.41, 5.74) is 4.92. The van der Waals surface area contributed by atoms with E-state index < -0.39 is 32.8 Å². The minimum absolute atomic E-state index is 0.173. The van der Waals surface area contributed by atoms with E-state index >= 15 is 0 Å². The second kappa shape index (κ2) is 5.19. The molecule has 0 aliphatic carbocycles. The molecule has 0 radical (unpaired) electrons. The standard InChI is InChI=1S/C9H12FN3O3S/c1-6(5-8(11)14)13-17(15,16)9-7(10)3-2-4-12-9/h2-4,6,13H,5H2,1H3,(H2,11,14). The molecule has 1 aromatic rings. The van der Waals surface area contributed by atoms with Crippen molar-refractivity contribution in [3.8, 4) is 0 Å². The fourth-order valence-corrected chi connectivity index (χ4v) is 2.48. The Morgan fingerprint density at radius 2 is 2.29 bits per heavy atom. The van der Waals surface area contributed by atoms with Crippen molar-refractivity contribution in [1.82, 2.24) is 9.71 Å². The summed E-state index contributed by atoms with van der Waals surface area (Å²) in [6.07, 6.45) is 0.990. The van der Waals surface area contributed by atoms with E-state index in [1.54, 1.807) is 0 Å². The molecule has 0 aromatic carbocycles. The monoisotopic (exact) mass is 261 g/mol. The number of amides is 1. The highest BCUT2D eigenvalue weighted by Crippen LogP contribution is 2.10. The van der Waals surface area contributed by atoms with Gasteiger partial charge in [0.25, 0.3) is 10.0 Å². The molecule has 0 bridgehead atoms. The first-order valence-corrected chi connectivity index (χ1v) is 6.22. The van der Waals surface area contributed by atoms with Gasteiger partial charge in [-0.3, -0.25) is 4.79 Å². The molecular formula is C9H12FN3O3S. The summed E-state index contributed by atoms with van der Waals surface area (Å²) in [6, 6.07) is 1.54. The highest BCUT2D eigenvalue weighted by atomic mass is 32.2. The maximum absolute atomic E-state index is 13.2. The van der Waals surface area contributed by atoms with Gasteiger partial charge in [0.05, 0.1) is 0 Å². The van der Waals surface area contributed by atoms with E-state index in [4.69, 9.17) is 5.73 Å². The number of nitrogens with zero attached hydrogens (tertiary/aromatic N) is 1. The van der Waals surface area contributed by atoms with Crippen molar-refractivity contribution in [2.45, 2.75) is 24.4 Å². The average molecular weight is 261 g/mol. The fraction of sp³-hybridized carbons (Fsp3) is 0.333. The zero-order valence-electron chi connectivity index (χ0n) is 9.05. The lowest BCUT2D eigenvalue weighted by atomic mass is 10.2. The zero-order valence-corrected chi connectivity index (χ0v) is 9.87. The molecule has 0 spiro atoms. The number of hydrogen-bond acceptors (Lipinski definition) is 4. The maximum atomic E-state index is 13.2. The van der Waals surface area contributed by atoms with Crippen LogP contribution in [-0.4, -0.2) is 25.4 Å². The van der Waals surface area contributed by atoms with Gasteiger partial charge in [-0.1, -0.05) is 0 Å². The smallest absolute Gasteiger partial charge is 0.261 e. The molecule has 3 N–H and O–H groups in total. The number of hydrogen-bond donors (Lipinski definition) is 2. The number of primary amides is 1. The summed E-state index contributed by atoms with van der Waals surface area (Å²) in [5.74, 6) is -1.60. The molecule has 1 aromatic heterocycles. The normalized spacial score (nSPS) is 13.3. The molecule has 0 saturated carbocycles. The SMILES string of the molecule is CC(CC(N)=O)NS(=O)(=O)c1ncccc1F. The lowest BCUT2D eigenvalue weighted by molar-refractivity contribution is -0.118. The predicted molar refractivity (Wildman–Crippen MR) is 57.8 cm³/mol. The number of nitrogens with one attached hydrogen (secondary N) is 1. The number of sulfonamides is 1. The van der Waals surface area contributed by atoms with Crippen molar-refractivity contribution in [2.75, 3.05) is 0 Å². The van der Waals surface area contributed by atoms with Crippen LogP contribution in [0.5, 0.6) is 0 Å². The van der Waals surface area contributed by atoms with Crippen molar-refractivity contribution < 1.29 is 17.6 Å². The Hall–Kier alpha value is -1.54. The lowest BCUT2D eigenvalue weighted by Crippen LogP contribution is -2.36. The summed E-state index contributed by atoms with van der Waals surface area (Å²) in [6.45, 7) is 1.45. The van der Waals surface area contributed by atoms with Gasteiger partial charge in [-0.05, 0) is 19.1 Å². The largest absolute Gasteiger partial charge is 0.370 e. The van der Waals surface area contributed by atoms with E-state index in [1.807, 2.05) is 0 Å². The Kier molecular flexibility index (Phi) is 4.13. The molecule has 1 atom stereocenters. The van der Waals surface area contributed by atoms with Crippen LogP contribution in [0.1, 0.15) is 13.3 Å². The molecule has 17 heavy (non-hydrogen) atoms. The molecule has 1 unspecified atom stereocenters. The Labute approximate surface area is 98.1 Å². The number of halogens is 1. The van der Waals surface area contributed by atoms with Gasteiger partial charge in [0, 0.05) is 18.7 Å². The molecule has 0 aliphatic rings. The van der Waals surface area contributed by atoms with E-state index in [2.05, 4.69) is 9.71 Å². The van der Waals surface area contributed by atoms with Crippen LogP contribution >= 0.6 is 0 Å². The van der Waals surface area contributed by atoms with Crippen LogP contribution in [-0.2, 0) is 14.8 Å². The maximum Gasteiger partial charge on any atom is 0.261 e. The second-order valence-corrected chi connectivity index (χ2v) is 5.11. The topological polar surface area (TPSA) is 102 Å². The molecule has 0 aliphatic heterocycles. The van der Waals surface area contributed by atoms with Gasteiger partial charge in [0.1, 0.15) is 0 Å². The minimum Gasteiger partial charge on any atom is -0.370 e. The molecule has 1 amide bonds. The average Bonchev–Trinajstić information content (AvgIpc) is 2.15. The van der Waals surface area contributed by atoms with Gasteiger partial charge in [-0.15, -0.1) is 0 Å². The van der Waals surface area contributed by atoms with Crippen molar-refractivity contribution in [2.24, 2.45) is 5.73 Å². The quantitative estimate of drug-likeness (QED) is 0.763. The Morgan fingerprint density at radius 1 is 1.65 bits per heavy atom. The van der Waals surface area contributed by atoms with Crippen molar-refractivity contribution in [1.29, 1.82) is 0 Å². The summed E-state index contributed by atoms with van der Waals surface area (Å²) in [4.78, 5) is 14.0. The highest BCUT2D eigenvalue weighted by molar-refractivity contribution is 7.89. The number of carbonyl (C=O) groups excluding carboxylic acids is 1. The Bertz CT molecular complexity index is 518. The van der Waals surface area contributed by atoms with E-state index in [1.165, 1.54) is 13.0 Å². The third-order valence-electron chi connectivity index (χ3n) is 1.84. The summed E-state index contributed by atoms with van der Waals surface area (Å²) in [7, 11) is -4.08. The predicted octanol–water partition coefficient (Wildman–Crippen LogP) is -0.237. The molecule has 8 heteroatoms. The second-order valence-electron chi connectivity index (χ2n) is 3.48. The van der Waals surface area contributed by atoms with Gasteiger partial charge < -0.3 is 5.73 Å². The van der Waals surface area contributed by atoms with Crippen LogP contribution in [0.25, 0.3) is 0 Å². The fourth-order valence-electron chi connectivity index (χ4n) is 1.23. The molecule has 0 saturated heterocycles. The first-order valence-electron chi connectivity index (χ1n) is 4.74. The van der Waals surface area contributed by atoms with Crippen LogP contribution in [0.2, 0.25) is 0 Å². The van der Waals surface area contributed by atoms with E-state index in [0.29, 0.717) is 0 Å². The number of aromatic nitrogens is 1. The summed E-state index contributed by atoms with van der Waals surface area (Å²) < 4.78 is 38.7. The molecular weight excluding hydrogens is 249 g/mol. The van der Waals surface area contributed by atoms with E-state index in [-0.39, 0.29) is 6.42 Å². The lowest BCUT2D eigenvalue weighted by Gasteiger charge is -2.12.